The van der Waals surface area contributed by atoms with E-state index in [9.17, 15) is 9.90 Å². The van der Waals surface area contributed by atoms with Crippen LogP contribution in [0.25, 0.3) is 0 Å². The van der Waals surface area contributed by atoms with Gasteiger partial charge < -0.3 is 10.0 Å². The lowest BCUT2D eigenvalue weighted by molar-refractivity contribution is -0.120. The van der Waals surface area contributed by atoms with Crippen molar-refractivity contribution in [2.45, 2.75) is 26.2 Å². The number of phenols is 1. The molecule has 0 fully saturated rings. The van der Waals surface area contributed by atoms with Crippen LogP contribution in [0.5, 0.6) is 5.75 Å². The summed E-state index contributed by atoms with van der Waals surface area (Å²) in [6, 6.07) is 15.3. The third-order valence-electron chi connectivity index (χ3n) is 4.46. The highest BCUT2D eigenvalue weighted by Gasteiger charge is 2.16. The zero-order valence-electron chi connectivity index (χ0n) is 14.4. The van der Waals surface area contributed by atoms with Gasteiger partial charge in [-0.1, -0.05) is 30.3 Å². The minimum Gasteiger partial charge on any atom is -0.507 e. The molecule has 2 aromatic rings. The summed E-state index contributed by atoms with van der Waals surface area (Å²) in [5.74, 6) is 0.0285. The van der Waals surface area contributed by atoms with Crippen molar-refractivity contribution in [3.8, 4) is 5.75 Å². The summed E-state index contributed by atoms with van der Waals surface area (Å²) in [5.41, 5.74) is 6.36. The summed E-state index contributed by atoms with van der Waals surface area (Å²) >= 11 is 0. The minimum atomic E-state index is -0.127. The fourth-order valence-electron chi connectivity index (χ4n) is 3.12. The molecule has 25 heavy (non-hydrogen) atoms. The molecule has 1 aliphatic heterocycles. The van der Waals surface area contributed by atoms with E-state index in [0.717, 1.165) is 19.4 Å². The molecular weight excluding hydrogens is 314 g/mol. The van der Waals surface area contributed by atoms with Crippen LogP contribution in [0, 0.1) is 0 Å². The van der Waals surface area contributed by atoms with Crippen LogP contribution in [0.4, 0.5) is 5.69 Å². The number of para-hydroxylation sites is 2. The molecule has 2 aromatic carbocycles. The molecule has 1 aliphatic rings. The van der Waals surface area contributed by atoms with Gasteiger partial charge in [-0.05, 0) is 43.5 Å². The number of phenolic OH excluding ortho intramolecular Hbond substituents is 1. The van der Waals surface area contributed by atoms with Crippen molar-refractivity contribution in [2.75, 3.05) is 18.0 Å². The van der Waals surface area contributed by atoms with E-state index in [0.29, 0.717) is 24.2 Å². The second kappa shape index (κ2) is 7.83. The van der Waals surface area contributed by atoms with Gasteiger partial charge >= 0.3 is 0 Å². The first-order valence-electron chi connectivity index (χ1n) is 8.59. The van der Waals surface area contributed by atoms with Gasteiger partial charge in [0.15, 0.2) is 0 Å². The molecule has 5 heteroatoms. The Bertz CT molecular complexity index is 786. The standard InChI is InChI=1S/C20H23N3O2/c1-15(17-9-3-5-11-19(17)24)21-22-20(25)12-14-23-13-6-8-16-7-2-4-10-18(16)23/h2-5,7,9-11,24H,6,8,12-14H2,1H3,(H,22,25). The van der Waals surface area contributed by atoms with Crippen LogP contribution in [0.3, 0.4) is 0 Å². The topological polar surface area (TPSA) is 64.9 Å². The van der Waals surface area contributed by atoms with E-state index in [-0.39, 0.29) is 11.7 Å². The molecule has 0 radical (unpaired) electrons. The Kier molecular flexibility index (Phi) is 5.33. The smallest absolute Gasteiger partial charge is 0.241 e. The summed E-state index contributed by atoms with van der Waals surface area (Å²) in [6.07, 6.45) is 2.60. The molecule has 0 saturated carbocycles. The Morgan fingerprint density at radius 1 is 1.20 bits per heavy atom. The SMILES string of the molecule is CC(=NNC(=O)CCN1CCCc2ccccc21)c1ccccc1O. The number of carbonyl (C=O) groups is 1. The molecule has 0 atom stereocenters. The van der Waals surface area contributed by atoms with Crippen molar-refractivity contribution >= 4 is 17.3 Å². The summed E-state index contributed by atoms with van der Waals surface area (Å²) in [6.45, 7) is 3.41. The van der Waals surface area contributed by atoms with Gasteiger partial charge in [-0.3, -0.25) is 4.79 Å². The minimum absolute atomic E-state index is 0.127. The van der Waals surface area contributed by atoms with E-state index in [1.807, 2.05) is 12.1 Å². The van der Waals surface area contributed by atoms with Crippen LogP contribution in [0.2, 0.25) is 0 Å². The van der Waals surface area contributed by atoms with Crippen molar-refractivity contribution in [1.29, 1.82) is 0 Å². The van der Waals surface area contributed by atoms with Crippen molar-refractivity contribution < 1.29 is 9.90 Å². The Labute approximate surface area is 148 Å². The number of fused-ring (bicyclic) bond motifs is 1. The molecule has 0 spiro atoms. The second-order valence-electron chi connectivity index (χ2n) is 6.22. The molecule has 0 aromatic heterocycles. The normalized spacial score (nSPS) is 14.1. The third-order valence-corrected chi connectivity index (χ3v) is 4.46. The number of carbonyl (C=O) groups excluding carboxylic acids is 1. The number of rotatable bonds is 5. The van der Waals surface area contributed by atoms with E-state index >= 15 is 0 Å². The molecule has 0 bridgehead atoms. The van der Waals surface area contributed by atoms with E-state index in [2.05, 4.69) is 33.6 Å². The molecule has 1 heterocycles. The molecule has 0 unspecified atom stereocenters. The van der Waals surface area contributed by atoms with Crippen molar-refractivity contribution in [3.05, 3.63) is 59.7 Å². The quantitative estimate of drug-likeness (QED) is 0.651. The van der Waals surface area contributed by atoms with Crippen molar-refractivity contribution in [1.82, 2.24) is 5.43 Å². The van der Waals surface area contributed by atoms with Gasteiger partial charge in [0, 0.05) is 30.8 Å². The monoisotopic (exact) mass is 337 g/mol. The Balaban J connectivity index is 1.56. The zero-order chi connectivity index (χ0) is 17.6. The summed E-state index contributed by atoms with van der Waals surface area (Å²) in [5, 5.41) is 13.9. The zero-order valence-corrected chi connectivity index (χ0v) is 14.4. The van der Waals surface area contributed by atoms with Crippen LogP contribution in [0.15, 0.2) is 53.6 Å². The molecule has 0 aliphatic carbocycles. The number of aromatic hydroxyl groups is 1. The van der Waals surface area contributed by atoms with Crippen molar-refractivity contribution in [2.24, 2.45) is 5.10 Å². The van der Waals surface area contributed by atoms with Crippen LogP contribution >= 0.6 is 0 Å². The lowest BCUT2D eigenvalue weighted by Crippen LogP contribution is -2.33. The van der Waals surface area contributed by atoms with Crippen LogP contribution in [-0.4, -0.2) is 29.8 Å². The van der Waals surface area contributed by atoms with Gasteiger partial charge in [0.1, 0.15) is 5.75 Å². The predicted octanol–water partition coefficient (Wildman–Crippen LogP) is 3.08. The number of nitrogens with zero attached hydrogens (tertiary/aromatic N) is 2. The average molecular weight is 337 g/mol. The van der Waals surface area contributed by atoms with E-state index in [1.165, 1.54) is 11.3 Å². The Morgan fingerprint density at radius 3 is 2.80 bits per heavy atom. The fraction of sp³-hybridized carbons (Fsp3) is 0.300. The van der Waals surface area contributed by atoms with E-state index < -0.39 is 0 Å². The molecular formula is C20H23N3O2. The molecule has 2 N–H and O–H groups in total. The number of anilines is 1. The molecule has 3 rings (SSSR count). The Morgan fingerprint density at radius 2 is 1.96 bits per heavy atom. The fourth-order valence-corrected chi connectivity index (χ4v) is 3.12. The molecule has 5 nitrogen and oxygen atoms in total. The van der Waals surface area contributed by atoms with E-state index in [4.69, 9.17) is 0 Å². The predicted molar refractivity (Wildman–Crippen MR) is 100 cm³/mol. The molecule has 0 saturated heterocycles. The number of nitrogens with one attached hydrogen (secondary N) is 1. The number of benzene rings is 2. The largest absolute Gasteiger partial charge is 0.507 e. The van der Waals surface area contributed by atoms with Gasteiger partial charge in [-0.25, -0.2) is 5.43 Å². The number of hydrogen-bond donors (Lipinski definition) is 2. The highest BCUT2D eigenvalue weighted by molar-refractivity contribution is 6.01. The summed E-state index contributed by atoms with van der Waals surface area (Å²) in [4.78, 5) is 14.4. The molecule has 130 valence electrons. The Hall–Kier alpha value is -2.82. The van der Waals surface area contributed by atoms with Gasteiger partial charge in [0.05, 0.1) is 5.71 Å². The van der Waals surface area contributed by atoms with Gasteiger partial charge in [0.25, 0.3) is 0 Å². The van der Waals surface area contributed by atoms with Crippen LogP contribution in [0.1, 0.15) is 30.9 Å². The third kappa shape index (κ3) is 4.18. The number of hydrazone groups is 1. The summed E-state index contributed by atoms with van der Waals surface area (Å²) < 4.78 is 0. The van der Waals surface area contributed by atoms with E-state index in [1.54, 1.807) is 25.1 Å². The average Bonchev–Trinajstić information content (AvgIpc) is 2.64. The highest BCUT2D eigenvalue weighted by Crippen LogP contribution is 2.26. The van der Waals surface area contributed by atoms with Gasteiger partial charge in [-0.2, -0.15) is 5.10 Å². The van der Waals surface area contributed by atoms with Crippen molar-refractivity contribution in [3.63, 3.8) is 0 Å². The first-order chi connectivity index (χ1) is 12.1. The summed E-state index contributed by atoms with van der Waals surface area (Å²) in [7, 11) is 0. The maximum absolute atomic E-state index is 12.1. The molecule has 1 amide bonds. The van der Waals surface area contributed by atoms with Gasteiger partial charge in [0.2, 0.25) is 5.91 Å². The van der Waals surface area contributed by atoms with Gasteiger partial charge in [-0.15, -0.1) is 0 Å². The first-order valence-corrected chi connectivity index (χ1v) is 8.59. The lowest BCUT2D eigenvalue weighted by Gasteiger charge is -2.31. The first kappa shape index (κ1) is 17.0. The van der Waals surface area contributed by atoms with Crippen LogP contribution < -0.4 is 10.3 Å². The highest BCUT2D eigenvalue weighted by atomic mass is 16.3. The number of amides is 1. The maximum atomic E-state index is 12.1. The lowest BCUT2D eigenvalue weighted by atomic mass is 10.0. The number of hydrogen-bond acceptors (Lipinski definition) is 4. The van der Waals surface area contributed by atoms with Crippen LogP contribution in [-0.2, 0) is 11.2 Å². The maximum Gasteiger partial charge on any atom is 0.241 e. The number of aryl methyl sites for hydroxylation is 1. The second-order valence-corrected chi connectivity index (χ2v) is 6.22.